The van der Waals surface area contributed by atoms with E-state index in [0.717, 1.165) is 12.8 Å². The molecule has 27 heavy (non-hydrogen) atoms. The van der Waals surface area contributed by atoms with E-state index in [2.05, 4.69) is 98.0 Å². The molecule has 140 valence electrons. The smallest absolute Gasteiger partial charge is 0.0954 e. The summed E-state index contributed by atoms with van der Waals surface area (Å²) in [6.07, 6.45) is 1.92. The third-order valence-corrected chi connectivity index (χ3v) is 5.31. The van der Waals surface area contributed by atoms with E-state index in [4.69, 9.17) is 0 Å². The van der Waals surface area contributed by atoms with Gasteiger partial charge in [0.2, 0.25) is 0 Å². The Morgan fingerprint density at radius 2 is 1.19 bits per heavy atom. The average molecular weight is 360 g/mol. The van der Waals surface area contributed by atoms with Gasteiger partial charge in [-0.1, -0.05) is 92.7 Å². The Kier molecular flexibility index (Phi) is 6.44. The lowest BCUT2D eigenvalue weighted by Crippen LogP contribution is -2.47. The van der Waals surface area contributed by atoms with Crippen LogP contribution in [0.25, 0.3) is 0 Å². The van der Waals surface area contributed by atoms with Crippen molar-refractivity contribution in [3.63, 3.8) is 0 Å². The van der Waals surface area contributed by atoms with Gasteiger partial charge in [-0.2, -0.15) is 0 Å². The molecule has 0 radical (unpaired) electrons. The van der Waals surface area contributed by atoms with E-state index < -0.39 is 5.54 Å². The van der Waals surface area contributed by atoms with Crippen molar-refractivity contribution in [1.82, 2.24) is 5.32 Å². The highest BCUT2D eigenvalue weighted by molar-refractivity contribution is 5.54. The summed E-state index contributed by atoms with van der Waals surface area (Å²) < 4.78 is 0. The fraction of sp³-hybridized carbons (Fsp3) is 0.280. The second-order valence-electron chi connectivity index (χ2n) is 6.79. The third-order valence-electron chi connectivity index (χ3n) is 5.31. The monoisotopic (exact) mass is 359 g/mol. The lowest BCUT2D eigenvalue weighted by Gasteiger charge is -2.39. The van der Waals surface area contributed by atoms with Gasteiger partial charge in [0.1, 0.15) is 0 Å². The molecular formula is C25H29NO. The number of aliphatic hydroxyl groups is 1. The fourth-order valence-electron chi connectivity index (χ4n) is 4.07. The first kappa shape index (κ1) is 19.3. The van der Waals surface area contributed by atoms with Gasteiger partial charge in [-0.3, -0.25) is 5.32 Å². The molecule has 0 fully saturated rings. The molecule has 0 atom stereocenters. The van der Waals surface area contributed by atoms with Crippen LogP contribution in [0.5, 0.6) is 0 Å². The number of hydrogen-bond donors (Lipinski definition) is 2. The summed E-state index contributed by atoms with van der Waals surface area (Å²) >= 11 is 0. The lowest BCUT2D eigenvalue weighted by molar-refractivity contribution is 0.277. The predicted octanol–water partition coefficient (Wildman–Crippen LogP) is 4.69. The average Bonchev–Trinajstić information content (AvgIpc) is 2.75. The van der Waals surface area contributed by atoms with Gasteiger partial charge in [0.15, 0.2) is 0 Å². The van der Waals surface area contributed by atoms with Crippen LogP contribution in [0.15, 0.2) is 78.9 Å². The molecule has 3 aromatic rings. The number of hydrogen-bond acceptors (Lipinski definition) is 2. The summed E-state index contributed by atoms with van der Waals surface area (Å²) in [6, 6.07) is 27.9. The predicted molar refractivity (Wildman–Crippen MR) is 113 cm³/mol. The van der Waals surface area contributed by atoms with Crippen molar-refractivity contribution < 1.29 is 5.11 Å². The van der Waals surface area contributed by atoms with Gasteiger partial charge in [-0.05, 0) is 40.7 Å². The van der Waals surface area contributed by atoms with E-state index in [1.54, 1.807) is 0 Å². The molecule has 3 rings (SSSR count). The third kappa shape index (κ3) is 3.69. The van der Waals surface area contributed by atoms with Crippen molar-refractivity contribution in [1.29, 1.82) is 0 Å². The SMILES string of the molecule is CCc1ccccc1C(NCCO)(c1ccccc1)c1ccccc1CC. The molecule has 0 aliphatic rings. The highest BCUT2D eigenvalue weighted by atomic mass is 16.3. The fourth-order valence-corrected chi connectivity index (χ4v) is 4.07. The Morgan fingerprint density at radius 3 is 1.67 bits per heavy atom. The van der Waals surface area contributed by atoms with Crippen LogP contribution in [-0.4, -0.2) is 18.3 Å². The van der Waals surface area contributed by atoms with E-state index >= 15 is 0 Å². The largest absolute Gasteiger partial charge is 0.395 e. The van der Waals surface area contributed by atoms with Crippen LogP contribution in [0, 0.1) is 0 Å². The Bertz CT molecular complexity index is 809. The molecule has 0 aliphatic carbocycles. The minimum Gasteiger partial charge on any atom is -0.395 e. The highest BCUT2D eigenvalue weighted by Crippen LogP contribution is 2.40. The molecule has 2 heteroatoms. The normalized spacial score (nSPS) is 11.5. The maximum atomic E-state index is 9.66. The molecular weight excluding hydrogens is 330 g/mol. The second kappa shape index (κ2) is 8.98. The van der Waals surface area contributed by atoms with Crippen molar-refractivity contribution in [2.24, 2.45) is 0 Å². The van der Waals surface area contributed by atoms with Crippen LogP contribution in [0.1, 0.15) is 41.7 Å². The quantitative estimate of drug-likeness (QED) is 0.572. The summed E-state index contributed by atoms with van der Waals surface area (Å²) in [7, 11) is 0. The topological polar surface area (TPSA) is 32.3 Å². The van der Waals surface area contributed by atoms with Gasteiger partial charge in [0.05, 0.1) is 12.1 Å². The summed E-state index contributed by atoms with van der Waals surface area (Å²) in [5, 5.41) is 13.4. The Hall–Kier alpha value is -2.42. The van der Waals surface area contributed by atoms with Crippen LogP contribution in [0.3, 0.4) is 0 Å². The van der Waals surface area contributed by atoms with E-state index in [1.165, 1.54) is 27.8 Å². The molecule has 0 bridgehead atoms. The van der Waals surface area contributed by atoms with E-state index in [0.29, 0.717) is 6.54 Å². The molecule has 3 aromatic carbocycles. The Balaban J connectivity index is 2.39. The van der Waals surface area contributed by atoms with Gasteiger partial charge in [0.25, 0.3) is 0 Å². The van der Waals surface area contributed by atoms with Crippen molar-refractivity contribution in [3.05, 3.63) is 107 Å². The van der Waals surface area contributed by atoms with Crippen LogP contribution in [0.2, 0.25) is 0 Å². The molecule has 0 saturated heterocycles. The summed E-state index contributed by atoms with van der Waals surface area (Å²) in [6.45, 7) is 5.01. The number of rotatable bonds is 8. The molecule has 0 heterocycles. The second-order valence-corrected chi connectivity index (χ2v) is 6.79. The van der Waals surface area contributed by atoms with E-state index in [-0.39, 0.29) is 6.61 Å². The molecule has 0 spiro atoms. The molecule has 2 N–H and O–H groups in total. The standard InChI is InChI=1S/C25H29NO/c1-3-20-12-8-10-16-23(20)25(26-18-19-27,22-14-6-5-7-15-22)24-17-11-9-13-21(24)4-2/h5-17,26-27H,3-4,18-19H2,1-2H3. The van der Waals surface area contributed by atoms with E-state index in [1.807, 2.05) is 0 Å². The van der Waals surface area contributed by atoms with Crippen LogP contribution in [0.4, 0.5) is 0 Å². The van der Waals surface area contributed by atoms with E-state index in [9.17, 15) is 5.11 Å². The summed E-state index contributed by atoms with van der Waals surface area (Å²) in [5.74, 6) is 0. The minimum absolute atomic E-state index is 0.0944. The lowest BCUT2D eigenvalue weighted by atomic mass is 9.73. The number of aliphatic hydroxyl groups excluding tert-OH is 1. The molecule has 0 unspecified atom stereocenters. The minimum atomic E-state index is -0.497. The molecule has 0 aromatic heterocycles. The van der Waals surface area contributed by atoms with Gasteiger partial charge in [0, 0.05) is 6.54 Å². The number of benzene rings is 3. The van der Waals surface area contributed by atoms with Crippen molar-refractivity contribution in [3.8, 4) is 0 Å². The first-order chi connectivity index (χ1) is 13.3. The maximum absolute atomic E-state index is 9.66. The van der Waals surface area contributed by atoms with Crippen molar-refractivity contribution in [2.75, 3.05) is 13.2 Å². The van der Waals surface area contributed by atoms with Gasteiger partial charge >= 0.3 is 0 Å². The first-order valence-electron chi connectivity index (χ1n) is 9.86. The Morgan fingerprint density at radius 1 is 0.704 bits per heavy atom. The van der Waals surface area contributed by atoms with Crippen LogP contribution < -0.4 is 5.32 Å². The summed E-state index contributed by atoms with van der Waals surface area (Å²) in [5.41, 5.74) is 5.85. The summed E-state index contributed by atoms with van der Waals surface area (Å²) in [4.78, 5) is 0. The zero-order valence-corrected chi connectivity index (χ0v) is 16.3. The van der Waals surface area contributed by atoms with Crippen LogP contribution in [-0.2, 0) is 18.4 Å². The van der Waals surface area contributed by atoms with Gasteiger partial charge in [-0.15, -0.1) is 0 Å². The number of aryl methyl sites for hydroxylation is 2. The first-order valence-corrected chi connectivity index (χ1v) is 9.86. The molecule has 0 saturated carbocycles. The highest BCUT2D eigenvalue weighted by Gasteiger charge is 2.38. The molecule has 2 nitrogen and oxygen atoms in total. The number of nitrogens with one attached hydrogen (secondary N) is 1. The zero-order chi connectivity index (χ0) is 19.1. The molecule has 0 aliphatic heterocycles. The van der Waals surface area contributed by atoms with Crippen molar-refractivity contribution in [2.45, 2.75) is 32.2 Å². The zero-order valence-electron chi connectivity index (χ0n) is 16.3. The van der Waals surface area contributed by atoms with Gasteiger partial charge in [-0.25, -0.2) is 0 Å². The van der Waals surface area contributed by atoms with Gasteiger partial charge < -0.3 is 5.11 Å². The van der Waals surface area contributed by atoms with Crippen molar-refractivity contribution >= 4 is 0 Å². The van der Waals surface area contributed by atoms with Crippen LogP contribution >= 0.6 is 0 Å². The molecule has 0 amide bonds. The Labute approximate surface area is 162 Å². The maximum Gasteiger partial charge on any atom is 0.0954 e.